The van der Waals surface area contributed by atoms with Gasteiger partial charge in [0.2, 0.25) is 0 Å². The second-order valence-corrected chi connectivity index (χ2v) is 13.4. The summed E-state index contributed by atoms with van der Waals surface area (Å²) < 4.78 is 20.1. The largest absolute Gasteiger partial charge is 0.426 e. The van der Waals surface area contributed by atoms with Gasteiger partial charge in [0.1, 0.15) is 12.9 Å². The second kappa shape index (κ2) is 7.28. The minimum Gasteiger partial charge on any atom is -0.426 e. The Morgan fingerprint density at radius 3 is 1.96 bits per heavy atom. The lowest BCUT2D eigenvalue weighted by Gasteiger charge is -2.42. The van der Waals surface area contributed by atoms with Crippen LogP contribution in [0.25, 0.3) is 11.1 Å². The fourth-order valence-electron chi connectivity index (χ4n) is 3.91. The molecule has 0 radical (unpaired) electrons. The van der Waals surface area contributed by atoms with E-state index in [0.29, 0.717) is 5.75 Å². The zero-order valence-corrected chi connectivity index (χ0v) is 18.6. The number of benzene rings is 2. The third-order valence-corrected chi connectivity index (χ3v) is 9.74. The van der Waals surface area contributed by atoms with Gasteiger partial charge in [0.25, 0.3) is 0 Å². The van der Waals surface area contributed by atoms with Crippen molar-refractivity contribution in [2.75, 3.05) is 0 Å². The number of carbonyl (C=O) groups excluding carboxylic acids is 1. The zero-order chi connectivity index (χ0) is 20.6. The summed E-state index contributed by atoms with van der Waals surface area (Å²) >= 11 is 0. The van der Waals surface area contributed by atoms with Gasteiger partial charge < -0.3 is 9.30 Å². The first-order chi connectivity index (χ1) is 12.3. The van der Waals surface area contributed by atoms with Gasteiger partial charge in [-0.25, -0.2) is 0 Å². The molecule has 0 fully saturated rings. The topological polar surface area (TPSA) is 43.4 Å². The number of hydrogen-bond donors (Lipinski definition) is 0. The van der Waals surface area contributed by atoms with Crippen LogP contribution in [0.3, 0.4) is 0 Å². The molecule has 0 amide bonds. The lowest BCUT2D eigenvalue weighted by molar-refractivity contribution is -0.131. The summed E-state index contributed by atoms with van der Waals surface area (Å²) in [6.45, 7) is 15.6. The van der Waals surface area contributed by atoms with Gasteiger partial charge in [-0.1, -0.05) is 77.9 Å². The molecule has 0 unspecified atom stereocenters. The Balaban J connectivity index is 2.90. The van der Waals surface area contributed by atoms with E-state index in [9.17, 15) is 9.36 Å². The Labute approximate surface area is 163 Å². The van der Waals surface area contributed by atoms with Crippen LogP contribution in [0.15, 0.2) is 42.5 Å². The van der Waals surface area contributed by atoms with E-state index in [1.54, 1.807) is 6.07 Å². The normalized spacial score (nSPS) is 12.7. The summed E-state index contributed by atoms with van der Waals surface area (Å²) in [4.78, 5) is 11.6. The number of rotatable bonds is 3. The van der Waals surface area contributed by atoms with Gasteiger partial charge in [-0.2, -0.15) is 0 Å². The van der Waals surface area contributed by atoms with E-state index in [4.69, 9.17) is 4.74 Å². The van der Waals surface area contributed by atoms with Crippen LogP contribution in [-0.4, -0.2) is 16.3 Å². The molecule has 4 heteroatoms. The highest BCUT2D eigenvalue weighted by atomic mass is 31.2. The Hall–Kier alpha value is -1.86. The van der Waals surface area contributed by atoms with Crippen molar-refractivity contribution in [2.24, 2.45) is 0 Å². The quantitative estimate of drug-likeness (QED) is 0.360. The first-order valence-corrected chi connectivity index (χ1v) is 11.0. The molecule has 0 saturated heterocycles. The van der Waals surface area contributed by atoms with Crippen LogP contribution in [-0.2, 0) is 9.36 Å². The van der Waals surface area contributed by atoms with Crippen LogP contribution >= 0.6 is 7.14 Å². The number of hydrogen-bond acceptors (Lipinski definition) is 3. The minimum absolute atomic E-state index is 0.367. The molecule has 0 atom stereocenters. The molecule has 146 valence electrons. The summed E-state index contributed by atoms with van der Waals surface area (Å²) in [5.41, 5.74) is 2.69. The summed E-state index contributed by atoms with van der Waals surface area (Å²) in [5.74, 6) is 0.137. The molecule has 2 aromatic carbocycles. The van der Waals surface area contributed by atoms with Crippen LogP contribution in [0.1, 0.15) is 54.0 Å². The van der Waals surface area contributed by atoms with Gasteiger partial charge in [-0.3, -0.25) is 4.79 Å². The lowest BCUT2D eigenvalue weighted by atomic mass is 9.99. The highest BCUT2D eigenvalue weighted by molar-refractivity contribution is 7.74. The predicted octanol–water partition coefficient (Wildman–Crippen LogP) is 6.17. The molecule has 0 N–H and O–H groups in total. The number of aryl methyl sites for hydroxylation is 1. The van der Waals surface area contributed by atoms with Crippen LogP contribution in [0.5, 0.6) is 5.75 Å². The van der Waals surface area contributed by atoms with E-state index in [1.165, 1.54) is 6.92 Å². The van der Waals surface area contributed by atoms with E-state index >= 15 is 0 Å². The zero-order valence-electron chi connectivity index (χ0n) is 17.7. The van der Waals surface area contributed by atoms with Crippen LogP contribution < -0.4 is 10.0 Å². The molecular weight excluding hydrogens is 355 g/mol. The van der Waals surface area contributed by atoms with E-state index in [1.807, 2.05) is 84.9 Å². The Kier molecular flexibility index (Phi) is 5.78. The lowest BCUT2D eigenvalue weighted by Crippen LogP contribution is -2.35. The van der Waals surface area contributed by atoms with Gasteiger partial charge in [0, 0.05) is 28.1 Å². The minimum atomic E-state index is -2.86. The van der Waals surface area contributed by atoms with Crippen molar-refractivity contribution in [3.05, 3.63) is 48.0 Å². The average Bonchev–Trinajstić information content (AvgIpc) is 2.51. The molecule has 0 bridgehead atoms. The van der Waals surface area contributed by atoms with Crippen molar-refractivity contribution in [1.82, 2.24) is 0 Å². The van der Waals surface area contributed by atoms with E-state index in [2.05, 4.69) is 0 Å². The summed E-state index contributed by atoms with van der Waals surface area (Å²) in [6.07, 6.45) is 0. The Morgan fingerprint density at radius 1 is 0.889 bits per heavy atom. The first-order valence-electron chi connectivity index (χ1n) is 9.29. The van der Waals surface area contributed by atoms with Crippen molar-refractivity contribution in [1.29, 1.82) is 0 Å². The van der Waals surface area contributed by atoms with Crippen molar-refractivity contribution in [2.45, 2.75) is 65.7 Å². The van der Waals surface area contributed by atoms with E-state index in [-0.39, 0.29) is 5.97 Å². The third kappa shape index (κ3) is 3.89. The van der Waals surface area contributed by atoms with Gasteiger partial charge in [-0.15, -0.1) is 0 Å². The van der Waals surface area contributed by atoms with Crippen molar-refractivity contribution in [3.8, 4) is 16.9 Å². The number of carbonyl (C=O) groups is 1. The molecule has 2 rings (SSSR count). The van der Waals surface area contributed by atoms with E-state index < -0.39 is 17.5 Å². The maximum atomic E-state index is 14.6. The van der Waals surface area contributed by atoms with Crippen molar-refractivity contribution < 1.29 is 14.1 Å². The van der Waals surface area contributed by atoms with E-state index in [0.717, 1.165) is 22.0 Å². The molecule has 0 heterocycles. The summed E-state index contributed by atoms with van der Waals surface area (Å²) in [5, 5.41) is 0.0183. The van der Waals surface area contributed by atoms with Gasteiger partial charge in [0.15, 0.2) is 0 Å². The molecule has 27 heavy (non-hydrogen) atoms. The first kappa shape index (κ1) is 21.4. The van der Waals surface area contributed by atoms with Gasteiger partial charge >= 0.3 is 5.97 Å². The summed E-state index contributed by atoms with van der Waals surface area (Å²) in [6, 6.07) is 13.5. The standard InChI is InChI=1S/C23H31O3P/c1-16-12-11-14-19(26-17(2)24)21(16)18-13-9-10-15-20(18)27(25,22(3,4)5)23(6,7)8/h9-15H,1-8H3. The Bertz CT molecular complexity index is 881. The highest BCUT2D eigenvalue weighted by Crippen LogP contribution is 2.66. The number of ether oxygens (including phenoxy) is 1. The predicted molar refractivity (Wildman–Crippen MR) is 115 cm³/mol. The molecule has 0 spiro atoms. The molecule has 3 nitrogen and oxygen atoms in total. The van der Waals surface area contributed by atoms with Crippen molar-refractivity contribution in [3.63, 3.8) is 0 Å². The molecule has 0 aromatic heterocycles. The molecule has 2 aromatic rings. The fraction of sp³-hybridized carbons (Fsp3) is 0.435. The highest BCUT2D eigenvalue weighted by Gasteiger charge is 2.48. The van der Waals surface area contributed by atoms with Crippen LogP contribution in [0.2, 0.25) is 0 Å². The van der Waals surface area contributed by atoms with Crippen molar-refractivity contribution >= 4 is 18.4 Å². The molecule has 0 aliphatic rings. The fourth-order valence-corrected chi connectivity index (χ4v) is 8.19. The maximum Gasteiger partial charge on any atom is 0.308 e. The van der Waals surface area contributed by atoms with Gasteiger partial charge in [-0.05, 0) is 24.1 Å². The molecule has 0 aliphatic heterocycles. The molecule has 0 aliphatic carbocycles. The SMILES string of the molecule is CC(=O)Oc1cccc(C)c1-c1ccccc1P(=O)(C(C)(C)C)C(C)(C)C. The third-order valence-electron chi connectivity index (χ3n) is 4.89. The molecule has 0 saturated carbocycles. The average molecular weight is 386 g/mol. The number of esters is 1. The Morgan fingerprint density at radius 2 is 1.44 bits per heavy atom. The molecular formula is C23H31O3P. The van der Waals surface area contributed by atoms with Crippen LogP contribution in [0, 0.1) is 6.92 Å². The van der Waals surface area contributed by atoms with Crippen LogP contribution in [0.4, 0.5) is 0 Å². The van der Waals surface area contributed by atoms with Gasteiger partial charge in [0.05, 0.1) is 0 Å². The smallest absolute Gasteiger partial charge is 0.308 e. The monoisotopic (exact) mass is 386 g/mol. The summed E-state index contributed by atoms with van der Waals surface area (Å²) in [7, 11) is -2.86. The maximum absolute atomic E-state index is 14.6. The second-order valence-electron chi connectivity index (χ2n) is 9.01.